The fourth-order valence-corrected chi connectivity index (χ4v) is 1.89. The lowest BCUT2D eigenvalue weighted by Crippen LogP contribution is -2.53. The van der Waals surface area contributed by atoms with Gasteiger partial charge >= 0.3 is 0 Å². The maximum absolute atomic E-state index is 9.73. The van der Waals surface area contributed by atoms with Crippen molar-refractivity contribution in [3.8, 4) is 0 Å². The molecular weight excluding hydrogens is 208 g/mol. The van der Waals surface area contributed by atoms with E-state index in [1.165, 1.54) is 0 Å². The highest BCUT2D eigenvalue weighted by Crippen LogP contribution is 2.19. The van der Waals surface area contributed by atoms with Crippen LogP contribution in [0.15, 0.2) is 30.3 Å². The van der Waals surface area contributed by atoms with Crippen molar-refractivity contribution < 1.29 is 20.1 Å². The van der Waals surface area contributed by atoms with E-state index in [4.69, 9.17) is 4.74 Å². The third-order valence-corrected chi connectivity index (χ3v) is 2.89. The van der Waals surface area contributed by atoms with Gasteiger partial charge in [0.2, 0.25) is 0 Å². The van der Waals surface area contributed by atoms with Crippen LogP contribution in [-0.2, 0) is 11.2 Å². The summed E-state index contributed by atoms with van der Waals surface area (Å²) in [5, 5.41) is 28.5. The summed E-state index contributed by atoms with van der Waals surface area (Å²) in [6.45, 7) is 0.0652. The second-order valence-corrected chi connectivity index (χ2v) is 4.11. The Morgan fingerprint density at radius 2 is 1.75 bits per heavy atom. The maximum atomic E-state index is 9.73. The van der Waals surface area contributed by atoms with Crippen molar-refractivity contribution >= 4 is 0 Å². The van der Waals surface area contributed by atoms with Crippen LogP contribution in [0.2, 0.25) is 0 Å². The fraction of sp³-hybridized carbons (Fsp3) is 0.500. The van der Waals surface area contributed by atoms with E-state index in [0.717, 1.165) is 5.56 Å². The number of hydrogen-bond acceptors (Lipinski definition) is 4. The summed E-state index contributed by atoms with van der Waals surface area (Å²) in [6, 6.07) is 9.62. The standard InChI is InChI=1S/C12H16O4/c13-9-7-16-10(12(15)11(9)14)6-8-4-2-1-3-5-8/h1-5,9-15H,6-7H2/t9-,10?,11+,12+/m1/s1. The summed E-state index contributed by atoms with van der Waals surface area (Å²) in [7, 11) is 0. The molecule has 1 aliphatic rings. The van der Waals surface area contributed by atoms with E-state index >= 15 is 0 Å². The van der Waals surface area contributed by atoms with Gasteiger partial charge in [-0.3, -0.25) is 0 Å². The largest absolute Gasteiger partial charge is 0.388 e. The van der Waals surface area contributed by atoms with Crippen LogP contribution in [0.1, 0.15) is 5.56 Å². The molecule has 0 bridgehead atoms. The van der Waals surface area contributed by atoms with Crippen LogP contribution in [0.5, 0.6) is 0 Å². The third-order valence-electron chi connectivity index (χ3n) is 2.89. The molecule has 16 heavy (non-hydrogen) atoms. The van der Waals surface area contributed by atoms with Gasteiger partial charge in [0.25, 0.3) is 0 Å². The average molecular weight is 224 g/mol. The lowest BCUT2D eigenvalue weighted by atomic mass is 9.95. The zero-order valence-corrected chi connectivity index (χ0v) is 8.86. The molecule has 4 nitrogen and oxygen atoms in total. The van der Waals surface area contributed by atoms with Gasteiger partial charge in [-0.2, -0.15) is 0 Å². The molecule has 0 saturated carbocycles. The van der Waals surface area contributed by atoms with Crippen molar-refractivity contribution in [3.05, 3.63) is 35.9 Å². The van der Waals surface area contributed by atoms with Crippen LogP contribution in [0.4, 0.5) is 0 Å². The Balaban J connectivity index is 2.00. The summed E-state index contributed by atoms with van der Waals surface area (Å²) >= 11 is 0. The SMILES string of the molecule is O[C@H]1[C@H](O)COC(Cc2ccccc2)[C@@H]1O. The Hall–Kier alpha value is -0.940. The first kappa shape index (κ1) is 11.5. The second-order valence-electron chi connectivity index (χ2n) is 4.11. The first-order chi connectivity index (χ1) is 7.68. The van der Waals surface area contributed by atoms with E-state index < -0.39 is 24.4 Å². The van der Waals surface area contributed by atoms with Gasteiger partial charge in [-0.25, -0.2) is 0 Å². The van der Waals surface area contributed by atoms with Crippen molar-refractivity contribution in [1.82, 2.24) is 0 Å². The van der Waals surface area contributed by atoms with Gasteiger partial charge in [-0.15, -0.1) is 0 Å². The van der Waals surface area contributed by atoms with Gasteiger partial charge in [-0.05, 0) is 5.56 Å². The van der Waals surface area contributed by atoms with Crippen molar-refractivity contribution in [1.29, 1.82) is 0 Å². The van der Waals surface area contributed by atoms with Crippen LogP contribution >= 0.6 is 0 Å². The summed E-state index contributed by atoms with van der Waals surface area (Å²) < 4.78 is 5.32. The highest BCUT2D eigenvalue weighted by atomic mass is 16.5. The molecule has 88 valence electrons. The molecular formula is C12H16O4. The van der Waals surface area contributed by atoms with E-state index in [1.54, 1.807) is 0 Å². The summed E-state index contributed by atoms with van der Waals surface area (Å²) in [5.41, 5.74) is 1.04. The van der Waals surface area contributed by atoms with Crippen molar-refractivity contribution in [3.63, 3.8) is 0 Å². The van der Waals surface area contributed by atoms with Crippen molar-refractivity contribution in [2.24, 2.45) is 0 Å². The third kappa shape index (κ3) is 2.41. The number of aliphatic hydroxyl groups is 3. The first-order valence-corrected chi connectivity index (χ1v) is 5.38. The molecule has 0 aromatic heterocycles. The zero-order chi connectivity index (χ0) is 11.5. The summed E-state index contributed by atoms with van der Waals surface area (Å²) in [4.78, 5) is 0. The second kappa shape index (κ2) is 4.93. The van der Waals surface area contributed by atoms with Gasteiger partial charge in [-0.1, -0.05) is 30.3 Å². The zero-order valence-electron chi connectivity index (χ0n) is 8.86. The molecule has 1 heterocycles. The van der Waals surface area contributed by atoms with Gasteiger partial charge < -0.3 is 20.1 Å². The molecule has 4 heteroatoms. The molecule has 1 fully saturated rings. The maximum Gasteiger partial charge on any atom is 0.111 e. The summed E-state index contributed by atoms with van der Waals surface area (Å²) in [5.74, 6) is 0. The Kier molecular flexibility index (Phi) is 3.56. The monoisotopic (exact) mass is 224 g/mol. The van der Waals surface area contributed by atoms with Crippen LogP contribution in [0.3, 0.4) is 0 Å². The molecule has 3 N–H and O–H groups in total. The Morgan fingerprint density at radius 3 is 2.44 bits per heavy atom. The Labute approximate surface area is 94.1 Å². The number of hydrogen-bond donors (Lipinski definition) is 3. The molecule has 1 aliphatic heterocycles. The normalized spacial score (nSPS) is 34.9. The van der Waals surface area contributed by atoms with Gasteiger partial charge in [0.05, 0.1) is 12.7 Å². The molecule has 2 rings (SSSR count). The molecule has 1 aromatic rings. The number of aliphatic hydroxyl groups excluding tert-OH is 3. The highest BCUT2D eigenvalue weighted by molar-refractivity contribution is 5.16. The number of rotatable bonds is 2. The van der Waals surface area contributed by atoms with E-state index in [1.807, 2.05) is 30.3 Å². The van der Waals surface area contributed by atoms with E-state index in [9.17, 15) is 15.3 Å². The lowest BCUT2D eigenvalue weighted by molar-refractivity contribution is -0.186. The molecule has 1 saturated heterocycles. The molecule has 0 aliphatic carbocycles. The van der Waals surface area contributed by atoms with Gasteiger partial charge in [0.15, 0.2) is 0 Å². The molecule has 0 spiro atoms. The fourth-order valence-electron chi connectivity index (χ4n) is 1.89. The highest BCUT2D eigenvalue weighted by Gasteiger charge is 2.37. The minimum absolute atomic E-state index is 0.0652. The topological polar surface area (TPSA) is 69.9 Å². The van der Waals surface area contributed by atoms with Crippen LogP contribution in [0.25, 0.3) is 0 Å². The molecule has 0 radical (unpaired) electrons. The lowest BCUT2D eigenvalue weighted by Gasteiger charge is -2.35. The average Bonchev–Trinajstić information content (AvgIpc) is 2.31. The Morgan fingerprint density at radius 1 is 1.06 bits per heavy atom. The van der Waals surface area contributed by atoms with Crippen LogP contribution in [0, 0.1) is 0 Å². The van der Waals surface area contributed by atoms with E-state index in [-0.39, 0.29) is 6.61 Å². The van der Waals surface area contributed by atoms with Gasteiger partial charge in [0, 0.05) is 6.42 Å². The number of ether oxygens (including phenoxy) is 1. The van der Waals surface area contributed by atoms with E-state index in [0.29, 0.717) is 6.42 Å². The van der Waals surface area contributed by atoms with Crippen molar-refractivity contribution in [2.75, 3.05) is 6.61 Å². The predicted molar refractivity (Wildman–Crippen MR) is 57.9 cm³/mol. The molecule has 4 atom stereocenters. The van der Waals surface area contributed by atoms with E-state index in [2.05, 4.69) is 0 Å². The minimum atomic E-state index is -1.12. The van der Waals surface area contributed by atoms with Gasteiger partial charge in [0.1, 0.15) is 18.3 Å². The minimum Gasteiger partial charge on any atom is -0.388 e. The first-order valence-electron chi connectivity index (χ1n) is 5.38. The quantitative estimate of drug-likeness (QED) is 0.645. The Bertz CT molecular complexity index is 327. The molecule has 1 aromatic carbocycles. The molecule has 0 amide bonds. The van der Waals surface area contributed by atoms with Crippen LogP contribution < -0.4 is 0 Å². The predicted octanol–water partition coefficient (Wildman–Crippen LogP) is -0.289. The number of benzene rings is 1. The smallest absolute Gasteiger partial charge is 0.111 e. The molecule has 1 unspecified atom stereocenters. The van der Waals surface area contributed by atoms with Crippen molar-refractivity contribution in [2.45, 2.75) is 30.8 Å². The summed E-state index contributed by atoms with van der Waals surface area (Å²) in [6.07, 6.45) is -3.08. The van der Waals surface area contributed by atoms with Crippen LogP contribution in [-0.4, -0.2) is 46.3 Å².